The minimum absolute atomic E-state index is 0.119. The molecule has 2 aromatic carbocycles. The van der Waals surface area contributed by atoms with Gasteiger partial charge in [0.1, 0.15) is 5.75 Å². The van der Waals surface area contributed by atoms with Crippen molar-refractivity contribution in [1.29, 1.82) is 0 Å². The van der Waals surface area contributed by atoms with Gasteiger partial charge in [0, 0.05) is 41.3 Å². The van der Waals surface area contributed by atoms with Crippen molar-refractivity contribution < 1.29 is 9.53 Å². The topological polar surface area (TPSA) is 71.4 Å². The first-order chi connectivity index (χ1) is 18.9. The van der Waals surface area contributed by atoms with Crippen LogP contribution in [0.25, 0.3) is 5.69 Å². The molecule has 0 spiro atoms. The second-order valence-corrected chi connectivity index (χ2v) is 10.3. The number of hydrogen-bond donors (Lipinski definition) is 2. The molecule has 0 aliphatic carbocycles. The number of methoxy groups -OCH3 is 1. The molecule has 1 aliphatic rings. The number of nitrogens with one attached hydrogen (secondary N) is 2. The SMILES string of the molecule is COc1ccccc1NC(=O)CCN1C(=S)NC(c2ccccn2)C1c1cc(C)n(-c2cccc(Cl)c2)c1C. The number of aromatic nitrogens is 2. The summed E-state index contributed by atoms with van der Waals surface area (Å²) in [4.78, 5) is 19.7. The summed E-state index contributed by atoms with van der Waals surface area (Å²) in [6.07, 6.45) is 2.04. The summed E-state index contributed by atoms with van der Waals surface area (Å²) in [6, 6.07) is 22.9. The number of rotatable bonds is 8. The summed E-state index contributed by atoms with van der Waals surface area (Å²) in [6.45, 7) is 4.62. The monoisotopic (exact) mass is 559 g/mol. The maximum atomic E-state index is 13.0. The van der Waals surface area contributed by atoms with Crippen molar-refractivity contribution in [3.63, 3.8) is 0 Å². The summed E-state index contributed by atoms with van der Waals surface area (Å²) in [5, 5.41) is 7.71. The normalized spacial score (nSPS) is 16.7. The van der Waals surface area contributed by atoms with Crippen molar-refractivity contribution in [3.05, 3.63) is 107 Å². The summed E-state index contributed by atoms with van der Waals surface area (Å²) in [7, 11) is 1.58. The number of anilines is 1. The lowest BCUT2D eigenvalue weighted by molar-refractivity contribution is -0.116. The molecule has 1 fully saturated rings. The second kappa shape index (κ2) is 11.5. The standard InChI is InChI=1S/C30H30ClN5O2S/c1-19-17-23(20(2)36(19)22-10-8-9-21(31)18-22)29-28(25-12-6-7-15-32-25)34-30(39)35(29)16-14-27(37)33-24-11-4-5-13-26(24)38-3/h4-13,15,17-18,28-29H,14,16H2,1-3H3,(H,33,37)(H,34,39). The molecular formula is C30H30ClN5O2S. The van der Waals surface area contributed by atoms with E-state index in [9.17, 15) is 4.79 Å². The molecule has 1 aliphatic heterocycles. The quantitative estimate of drug-likeness (QED) is 0.252. The second-order valence-electron chi connectivity index (χ2n) is 9.46. The van der Waals surface area contributed by atoms with Gasteiger partial charge < -0.3 is 24.8 Å². The van der Waals surface area contributed by atoms with Crippen molar-refractivity contribution in [3.8, 4) is 11.4 Å². The maximum absolute atomic E-state index is 13.0. The molecule has 0 radical (unpaired) electrons. The zero-order valence-corrected chi connectivity index (χ0v) is 23.6. The lowest BCUT2D eigenvalue weighted by Gasteiger charge is -2.28. The van der Waals surface area contributed by atoms with Gasteiger partial charge in [-0.25, -0.2) is 0 Å². The van der Waals surface area contributed by atoms with Crippen molar-refractivity contribution in [2.24, 2.45) is 0 Å². The predicted molar refractivity (Wildman–Crippen MR) is 159 cm³/mol. The fraction of sp³-hybridized carbons (Fsp3) is 0.233. The van der Waals surface area contributed by atoms with Gasteiger partial charge in [0.05, 0.1) is 30.6 Å². The third kappa shape index (κ3) is 5.48. The number of ether oxygens (including phenoxy) is 1. The van der Waals surface area contributed by atoms with Crippen LogP contribution in [0.4, 0.5) is 5.69 Å². The van der Waals surface area contributed by atoms with E-state index in [1.54, 1.807) is 13.3 Å². The number of nitrogens with zero attached hydrogens (tertiary/aromatic N) is 3. The van der Waals surface area contributed by atoms with Crippen LogP contribution < -0.4 is 15.4 Å². The van der Waals surface area contributed by atoms with Crippen LogP contribution in [0.3, 0.4) is 0 Å². The Balaban J connectivity index is 1.47. The largest absolute Gasteiger partial charge is 0.495 e. The van der Waals surface area contributed by atoms with Crippen LogP contribution >= 0.6 is 23.8 Å². The molecule has 0 saturated carbocycles. The zero-order valence-electron chi connectivity index (χ0n) is 22.0. The van der Waals surface area contributed by atoms with Crippen molar-refractivity contribution in [2.75, 3.05) is 19.0 Å². The lowest BCUT2D eigenvalue weighted by Crippen LogP contribution is -2.33. The average molecular weight is 560 g/mol. The molecule has 200 valence electrons. The van der Waals surface area contributed by atoms with Crippen molar-refractivity contribution in [1.82, 2.24) is 19.8 Å². The molecule has 3 heterocycles. The van der Waals surface area contributed by atoms with Crippen LogP contribution in [0.5, 0.6) is 5.75 Å². The van der Waals surface area contributed by atoms with Gasteiger partial charge in [-0.15, -0.1) is 0 Å². The van der Waals surface area contributed by atoms with Gasteiger partial charge in [0.25, 0.3) is 0 Å². The molecule has 9 heteroatoms. The number of pyridine rings is 1. The van der Waals surface area contributed by atoms with E-state index in [4.69, 9.17) is 28.6 Å². The van der Waals surface area contributed by atoms with E-state index in [0.29, 0.717) is 28.1 Å². The van der Waals surface area contributed by atoms with Crippen LogP contribution in [-0.4, -0.2) is 39.1 Å². The van der Waals surface area contributed by atoms with Crippen LogP contribution in [-0.2, 0) is 4.79 Å². The Bertz CT molecular complexity index is 1510. The maximum Gasteiger partial charge on any atom is 0.226 e. The van der Waals surface area contributed by atoms with E-state index in [0.717, 1.165) is 28.3 Å². The molecule has 2 unspecified atom stereocenters. The Morgan fingerprint density at radius 3 is 2.64 bits per heavy atom. The molecule has 2 atom stereocenters. The van der Waals surface area contributed by atoms with E-state index < -0.39 is 0 Å². The number of para-hydroxylation sites is 2. The van der Waals surface area contributed by atoms with E-state index in [1.165, 1.54) is 0 Å². The molecule has 5 rings (SSSR count). The van der Waals surface area contributed by atoms with Crippen LogP contribution in [0.2, 0.25) is 5.02 Å². The molecule has 39 heavy (non-hydrogen) atoms. The minimum atomic E-state index is -0.177. The number of carbonyl (C=O) groups is 1. The number of carbonyl (C=O) groups excluding carboxylic acids is 1. The molecular weight excluding hydrogens is 530 g/mol. The molecule has 4 aromatic rings. The third-order valence-electron chi connectivity index (χ3n) is 7.01. The molecule has 1 saturated heterocycles. The van der Waals surface area contributed by atoms with Crippen molar-refractivity contribution in [2.45, 2.75) is 32.4 Å². The summed E-state index contributed by atoms with van der Waals surface area (Å²) < 4.78 is 7.58. The fourth-order valence-corrected chi connectivity index (χ4v) is 5.78. The highest BCUT2D eigenvalue weighted by atomic mass is 35.5. The number of aryl methyl sites for hydroxylation is 1. The lowest BCUT2D eigenvalue weighted by atomic mass is 9.96. The van der Waals surface area contributed by atoms with Gasteiger partial charge in [0.15, 0.2) is 5.11 Å². The smallest absolute Gasteiger partial charge is 0.226 e. The predicted octanol–water partition coefficient (Wildman–Crippen LogP) is 6.15. The average Bonchev–Trinajstić information content (AvgIpc) is 3.42. The third-order valence-corrected chi connectivity index (χ3v) is 7.60. The van der Waals surface area contributed by atoms with Gasteiger partial charge in [-0.1, -0.05) is 35.9 Å². The molecule has 1 amide bonds. The molecule has 2 N–H and O–H groups in total. The number of benzene rings is 2. The van der Waals surface area contributed by atoms with Gasteiger partial charge in [-0.3, -0.25) is 9.78 Å². The molecule has 2 aromatic heterocycles. The summed E-state index contributed by atoms with van der Waals surface area (Å²) in [5.41, 5.74) is 5.79. The number of halogens is 1. The summed E-state index contributed by atoms with van der Waals surface area (Å²) >= 11 is 12.1. The number of thiocarbonyl (C=S) groups is 1. The Hall–Kier alpha value is -3.88. The Morgan fingerprint density at radius 1 is 1.10 bits per heavy atom. The Labute approximate surface area is 238 Å². The highest BCUT2D eigenvalue weighted by Crippen LogP contribution is 2.41. The van der Waals surface area contributed by atoms with Gasteiger partial charge in [-0.05, 0) is 80.2 Å². The first kappa shape index (κ1) is 26.7. The van der Waals surface area contributed by atoms with E-state index in [2.05, 4.69) is 45.0 Å². The highest BCUT2D eigenvalue weighted by molar-refractivity contribution is 7.80. The van der Waals surface area contributed by atoms with Crippen LogP contribution in [0.15, 0.2) is 79.0 Å². The summed E-state index contributed by atoms with van der Waals surface area (Å²) in [5.74, 6) is 0.498. The number of hydrogen-bond acceptors (Lipinski definition) is 4. The van der Waals surface area contributed by atoms with Crippen LogP contribution in [0.1, 0.15) is 41.1 Å². The van der Waals surface area contributed by atoms with Gasteiger partial charge >= 0.3 is 0 Å². The van der Waals surface area contributed by atoms with E-state index >= 15 is 0 Å². The fourth-order valence-electron chi connectivity index (χ4n) is 5.27. The van der Waals surface area contributed by atoms with Crippen LogP contribution in [0, 0.1) is 13.8 Å². The molecule has 7 nitrogen and oxygen atoms in total. The first-order valence-corrected chi connectivity index (χ1v) is 13.5. The molecule has 0 bridgehead atoms. The van der Waals surface area contributed by atoms with Crippen molar-refractivity contribution >= 4 is 40.5 Å². The van der Waals surface area contributed by atoms with Gasteiger partial charge in [-0.2, -0.15) is 0 Å². The highest BCUT2D eigenvalue weighted by Gasteiger charge is 2.41. The minimum Gasteiger partial charge on any atom is -0.495 e. The van der Waals surface area contributed by atoms with Gasteiger partial charge in [0.2, 0.25) is 5.91 Å². The zero-order chi connectivity index (χ0) is 27.5. The number of amides is 1. The Morgan fingerprint density at radius 2 is 1.90 bits per heavy atom. The first-order valence-electron chi connectivity index (χ1n) is 12.7. The van der Waals surface area contributed by atoms with E-state index in [1.807, 2.05) is 66.7 Å². The van der Waals surface area contributed by atoms with E-state index in [-0.39, 0.29) is 24.4 Å². The Kier molecular flexibility index (Phi) is 7.86.